The Balaban J connectivity index is 1.83. The smallest absolute Gasteiger partial charge is 0.0607 e. The van der Waals surface area contributed by atoms with Crippen molar-refractivity contribution in [3.05, 3.63) is 0 Å². The predicted molar refractivity (Wildman–Crippen MR) is 61.8 cm³/mol. The topological polar surface area (TPSA) is 38.5 Å². The standard InChI is InChI=1S/C12H24N2O/c1-14(8-10-4-3-5-10)12(9-13)6-11(7-12)15-2/h10-11H,3-9,13H2,1-2H3. The number of nitrogens with zero attached hydrogens (tertiary/aromatic N) is 1. The monoisotopic (exact) mass is 212 g/mol. The third kappa shape index (κ3) is 2.05. The summed E-state index contributed by atoms with van der Waals surface area (Å²) in [5, 5.41) is 0. The van der Waals surface area contributed by atoms with Crippen molar-refractivity contribution in [1.82, 2.24) is 4.90 Å². The van der Waals surface area contributed by atoms with Crippen molar-refractivity contribution < 1.29 is 4.74 Å². The quantitative estimate of drug-likeness (QED) is 0.745. The van der Waals surface area contributed by atoms with E-state index in [0.717, 1.165) is 25.3 Å². The first kappa shape index (κ1) is 11.4. The number of nitrogens with two attached hydrogens (primary N) is 1. The zero-order valence-corrected chi connectivity index (χ0v) is 10.0. The van der Waals surface area contributed by atoms with E-state index in [4.69, 9.17) is 10.5 Å². The molecule has 2 aliphatic carbocycles. The van der Waals surface area contributed by atoms with Crippen LogP contribution in [0.15, 0.2) is 0 Å². The molecule has 15 heavy (non-hydrogen) atoms. The largest absolute Gasteiger partial charge is 0.381 e. The van der Waals surface area contributed by atoms with Crippen LogP contribution in [0.5, 0.6) is 0 Å². The number of methoxy groups -OCH3 is 1. The predicted octanol–water partition coefficient (Wildman–Crippen LogP) is 1.22. The first-order valence-corrected chi connectivity index (χ1v) is 6.14. The maximum atomic E-state index is 5.92. The van der Waals surface area contributed by atoms with Gasteiger partial charge < -0.3 is 10.5 Å². The summed E-state index contributed by atoms with van der Waals surface area (Å²) in [5.41, 5.74) is 6.17. The van der Waals surface area contributed by atoms with Crippen molar-refractivity contribution in [2.24, 2.45) is 11.7 Å². The highest BCUT2D eigenvalue weighted by atomic mass is 16.5. The molecule has 2 N–H and O–H groups in total. The second kappa shape index (κ2) is 4.40. The van der Waals surface area contributed by atoms with Crippen LogP contribution in [0, 0.1) is 5.92 Å². The van der Waals surface area contributed by atoms with Gasteiger partial charge in [-0.1, -0.05) is 6.42 Å². The summed E-state index contributed by atoms with van der Waals surface area (Å²) < 4.78 is 5.36. The highest BCUT2D eigenvalue weighted by molar-refractivity contribution is 5.04. The molecule has 2 aliphatic rings. The van der Waals surface area contributed by atoms with Gasteiger partial charge in [0.25, 0.3) is 0 Å². The summed E-state index contributed by atoms with van der Waals surface area (Å²) >= 11 is 0. The van der Waals surface area contributed by atoms with Gasteiger partial charge in [-0.25, -0.2) is 0 Å². The van der Waals surface area contributed by atoms with E-state index >= 15 is 0 Å². The normalized spacial score (nSPS) is 36.4. The molecule has 0 aromatic rings. The van der Waals surface area contributed by atoms with Crippen LogP contribution in [0.3, 0.4) is 0 Å². The minimum absolute atomic E-state index is 0.246. The van der Waals surface area contributed by atoms with E-state index in [9.17, 15) is 0 Å². The molecular formula is C12H24N2O. The third-order valence-electron chi connectivity index (χ3n) is 4.50. The van der Waals surface area contributed by atoms with E-state index in [1.54, 1.807) is 7.11 Å². The molecule has 0 aromatic carbocycles. The molecule has 0 radical (unpaired) electrons. The van der Waals surface area contributed by atoms with Gasteiger partial charge >= 0.3 is 0 Å². The molecule has 0 unspecified atom stereocenters. The summed E-state index contributed by atoms with van der Waals surface area (Å²) in [7, 11) is 4.04. The van der Waals surface area contributed by atoms with Crippen molar-refractivity contribution in [3.63, 3.8) is 0 Å². The Morgan fingerprint density at radius 2 is 2.07 bits per heavy atom. The molecule has 0 aromatic heterocycles. The fourth-order valence-electron chi connectivity index (χ4n) is 2.84. The van der Waals surface area contributed by atoms with Crippen LogP contribution in [-0.4, -0.2) is 43.8 Å². The molecule has 0 saturated heterocycles. The molecule has 3 nitrogen and oxygen atoms in total. The van der Waals surface area contributed by atoms with Crippen LogP contribution >= 0.6 is 0 Å². The molecule has 0 aliphatic heterocycles. The zero-order valence-electron chi connectivity index (χ0n) is 10.0. The minimum Gasteiger partial charge on any atom is -0.381 e. The van der Waals surface area contributed by atoms with E-state index < -0.39 is 0 Å². The fraction of sp³-hybridized carbons (Fsp3) is 1.00. The average molecular weight is 212 g/mol. The van der Waals surface area contributed by atoms with Gasteiger partial charge in [0.15, 0.2) is 0 Å². The summed E-state index contributed by atoms with van der Waals surface area (Å²) in [4.78, 5) is 2.49. The highest BCUT2D eigenvalue weighted by Gasteiger charge is 2.46. The lowest BCUT2D eigenvalue weighted by Crippen LogP contribution is -2.63. The van der Waals surface area contributed by atoms with Gasteiger partial charge in [-0.3, -0.25) is 4.90 Å². The van der Waals surface area contributed by atoms with E-state index in [0.29, 0.717) is 6.10 Å². The Kier molecular flexibility index (Phi) is 3.33. The van der Waals surface area contributed by atoms with Crippen LogP contribution in [0.4, 0.5) is 0 Å². The van der Waals surface area contributed by atoms with Crippen LogP contribution in [0.25, 0.3) is 0 Å². The van der Waals surface area contributed by atoms with Crippen molar-refractivity contribution in [2.45, 2.75) is 43.7 Å². The summed E-state index contributed by atoms with van der Waals surface area (Å²) in [6, 6.07) is 0. The Hall–Kier alpha value is -0.120. The summed E-state index contributed by atoms with van der Waals surface area (Å²) in [6.45, 7) is 2.00. The molecule has 0 atom stereocenters. The molecule has 0 bridgehead atoms. The van der Waals surface area contributed by atoms with Crippen molar-refractivity contribution in [2.75, 3.05) is 27.2 Å². The van der Waals surface area contributed by atoms with Crippen LogP contribution in [-0.2, 0) is 4.74 Å². The van der Waals surface area contributed by atoms with E-state index in [1.807, 2.05) is 0 Å². The van der Waals surface area contributed by atoms with Crippen LogP contribution < -0.4 is 5.73 Å². The number of rotatable bonds is 5. The summed E-state index contributed by atoms with van der Waals surface area (Å²) in [6.07, 6.45) is 6.93. The first-order chi connectivity index (χ1) is 7.20. The Morgan fingerprint density at radius 3 is 2.47 bits per heavy atom. The average Bonchev–Trinajstić information content (AvgIpc) is 2.11. The Labute approximate surface area is 93.0 Å². The molecule has 2 fully saturated rings. The maximum absolute atomic E-state index is 5.92. The zero-order chi connectivity index (χ0) is 10.9. The van der Waals surface area contributed by atoms with Gasteiger partial charge in [-0.15, -0.1) is 0 Å². The molecule has 3 heteroatoms. The summed E-state index contributed by atoms with van der Waals surface area (Å²) in [5.74, 6) is 0.931. The molecular weight excluding hydrogens is 188 g/mol. The van der Waals surface area contributed by atoms with Gasteiger partial charge in [-0.2, -0.15) is 0 Å². The molecule has 2 saturated carbocycles. The van der Waals surface area contributed by atoms with Gasteiger partial charge in [0.05, 0.1) is 6.10 Å². The number of likely N-dealkylation sites (N-methyl/N-ethyl adjacent to an activating group) is 1. The van der Waals surface area contributed by atoms with E-state index in [1.165, 1.54) is 25.8 Å². The number of ether oxygens (including phenoxy) is 1. The van der Waals surface area contributed by atoms with Gasteiger partial charge in [0.2, 0.25) is 0 Å². The highest BCUT2D eigenvalue weighted by Crippen LogP contribution is 2.39. The number of hydrogen-bond acceptors (Lipinski definition) is 3. The SMILES string of the molecule is COC1CC(CN)(N(C)CC2CCC2)C1. The number of hydrogen-bond donors (Lipinski definition) is 1. The molecule has 88 valence electrons. The van der Waals surface area contributed by atoms with Gasteiger partial charge in [-0.05, 0) is 38.6 Å². The first-order valence-electron chi connectivity index (χ1n) is 6.14. The second-order valence-electron chi connectivity index (χ2n) is 5.37. The lowest BCUT2D eigenvalue weighted by Gasteiger charge is -2.53. The Morgan fingerprint density at radius 1 is 1.40 bits per heavy atom. The van der Waals surface area contributed by atoms with E-state index in [-0.39, 0.29) is 5.54 Å². The molecule has 0 spiro atoms. The van der Waals surface area contributed by atoms with Crippen molar-refractivity contribution >= 4 is 0 Å². The third-order valence-corrected chi connectivity index (χ3v) is 4.50. The Bertz CT molecular complexity index is 210. The van der Waals surface area contributed by atoms with Gasteiger partial charge in [0.1, 0.15) is 0 Å². The maximum Gasteiger partial charge on any atom is 0.0607 e. The molecule has 0 amide bonds. The van der Waals surface area contributed by atoms with Gasteiger partial charge in [0, 0.05) is 25.7 Å². The van der Waals surface area contributed by atoms with Crippen LogP contribution in [0.2, 0.25) is 0 Å². The lowest BCUT2D eigenvalue weighted by molar-refractivity contribution is -0.0847. The van der Waals surface area contributed by atoms with Crippen LogP contribution in [0.1, 0.15) is 32.1 Å². The van der Waals surface area contributed by atoms with E-state index in [2.05, 4.69) is 11.9 Å². The molecule has 2 rings (SSSR count). The van der Waals surface area contributed by atoms with Crippen molar-refractivity contribution in [3.8, 4) is 0 Å². The molecule has 0 heterocycles. The lowest BCUT2D eigenvalue weighted by atomic mass is 9.72. The minimum atomic E-state index is 0.246. The fourth-order valence-corrected chi connectivity index (χ4v) is 2.84. The van der Waals surface area contributed by atoms with Crippen molar-refractivity contribution in [1.29, 1.82) is 0 Å². The second-order valence-corrected chi connectivity index (χ2v) is 5.37.